The Morgan fingerprint density at radius 3 is 2.45 bits per heavy atom. The maximum absolute atomic E-state index is 13.3. The van der Waals surface area contributed by atoms with Crippen LogP contribution in [0.2, 0.25) is 10.0 Å². The second-order valence-electron chi connectivity index (χ2n) is 7.04. The molecule has 2 aliphatic heterocycles. The average Bonchev–Trinajstić information content (AvgIpc) is 3.20. The molecule has 0 fully saturated rings. The van der Waals surface area contributed by atoms with Gasteiger partial charge in [0, 0.05) is 27.6 Å². The van der Waals surface area contributed by atoms with Crippen LogP contribution < -0.4 is 4.74 Å². The van der Waals surface area contributed by atoms with Gasteiger partial charge in [0.1, 0.15) is 5.75 Å². The molecule has 0 aromatic heterocycles. The van der Waals surface area contributed by atoms with Gasteiger partial charge in [-0.15, -0.1) is 0 Å². The van der Waals surface area contributed by atoms with Gasteiger partial charge in [-0.1, -0.05) is 53.5 Å². The van der Waals surface area contributed by atoms with Gasteiger partial charge in [-0.3, -0.25) is 4.79 Å². The Balaban J connectivity index is 1.57. The third-order valence-electron chi connectivity index (χ3n) is 5.21. The smallest absolute Gasteiger partial charge is 0.251 e. The van der Waals surface area contributed by atoms with Crippen LogP contribution in [0.15, 0.2) is 77.9 Å². The SMILES string of the molecule is O=C(c1ccc(Cl)cc1)C1Oc2ccc(Cl)cc2C2CC(c3ccccc3)=NN12. The molecule has 0 N–H and O–H groups in total. The van der Waals surface area contributed by atoms with Crippen molar-refractivity contribution in [3.63, 3.8) is 0 Å². The van der Waals surface area contributed by atoms with Crippen molar-refractivity contribution in [2.24, 2.45) is 5.10 Å². The summed E-state index contributed by atoms with van der Waals surface area (Å²) in [4.78, 5) is 13.3. The van der Waals surface area contributed by atoms with Crippen LogP contribution in [0, 0.1) is 0 Å². The van der Waals surface area contributed by atoms with E-state index >= 15 is 0 Å². The Morgan fingerprint density at radius 2 is 1.69 bits per heavy atom. The minimum absolute atomic E-state index is 0.117. The summed E-state index contributed by atoms with van der Waals surface area (Å²) in [5.41, 5.74) is 3.41. The monoisotopic (exact) mass is 422 g/mol. The highest BCUT2D eigenvalue weighted by molar-refractivity contribution is 6.31. The van der Waals surface area contributed by atoms with E-state index in [9.17, 15) is 4.79 Å². The van der Waals surface area contributed by atoms with Crippen molar-refractivity contribution in [2.45, 2.75) is 18.7 Å². The largest absolute Gasteiger partial charge is 0.461 e. The van der Waals surface area contributed by atoms with Crippen molar-refractivity contribution >= 4 is 34.7 Å². The average molecular weight is 423 g/mol. The fourth-order valence-electron chi connectivity index (χ4n) is 3.79. The molecule has 3 aromatic rings. The Bertz CT molecular complexity index is 1110. The molecule has 0 saturated carbocycles. The molecule has 5 rings (SSSR count). The number of ether oxygens (including phenoxy) is 1. The van der Waals surface area contributed by atoms with Gasteiger partial charge >= 0.3 is 0 Å². The number of Topliss-reactive ketones (excluding diaryl/α,β-unsaturated/α-hetero) is 1. The van der Waals surface area contributed by atoms with Crippen LogP contribution in [-0.2, 0) is 0 Å². The van der Waals surface area contributed by atoms with E-state index in [1.165, 1.54) is 0 Å². The molecule has 144 valence electrons. The summed E-state index contributed by atoms with van der Waals surface area (Å²) >= 11 is 12.2. The molecule has 0 amide bonds. The van der Waals surface area contributed by atoms with Gasteiger partial charge in [0.15, 0.2) is 0 Å². The van der Waals surface area contributed by atoms with Crippen molar-refractivity contribution in [3.05, 3.63) is 99.5 Å². The number of hydrogen-bond donors (Lipinski definition) is 0. The number of rotatable bonds is 3. The zero-order valence-corrected chi connectivity index (χ0v) is 16.8. The van der Waals surface area contributed by atoms with Gasteiger partial charge in [-0.05, 0) is 48.0 Å². The molecule has 4 nitrogen and oxygen atoms in total. The Hall–Kier alpha value is -2.82. The normalized spacial score (nSPS) is 19.8. The van der Waals surface area contributed by atoms with E-state index < -0.39 is 6.23 Å². The lowest BCUT2D eigenvalue weighted by Crippen LogP contribution is -2.45. The fraction of sp³-hybridized carbons (Fsp3) is 0.130. The van der Waals surface area contributed by atoms with Crippen LogP contribution in [0.25, 0.3) is 0 Å². The number of hydrogen-bond acceptors (Lipinski definition) is 4. The van der Waals surface area contributed by atoms with Gasteiger partial charge in [-0.25, -0.2) is 5.01 Å². The minimum Gasteiger partial charge on any atom is -0.461 e. The highest BCUT2D eigenvalue weighted by atomic mass is 35.5. The van der Waals surface area contributed by atoms with Crippen LogP contribution in [0.4, 0.5) is 0 Å². The lowest BCUT2D eigenvalue weighted by Gasteiger charge is -2.37. The molecule has 2 atom stereocenters. The highest BCUT2D eigenvalue weighted by Crippen LogP contribution is 2.44. The quantitative estimate of drug-likeness (QED) is 0.504. The van der Waals surface area contributed by atoms with Crippen LogP contribution >= 0.6 is 23.2 Å². The zero-order valence-electron chi connectivity index (χ0n) is 15.3. The number of nitrogens with zero attached hydrogens (tertiary/aromatic N) is 2. The molecule has 2 heterocycles. The highest BCUT2D eigenvalue weighted by Gasteiger charge is 2.43. The predicted molar refractivity (Wildman–Crippen MR) is 114 cm³/mol. The van der Waals surface area contributed by atoms with E-state index in [0.29, 0.717) is 27.8 Å². The molecular formula is C23H16Cl2N2O2. The van der Waals surface area contributed by atoms with Crippen LogP contribution in [-0.4, -0.2) is 22.7 Å². The summed E-state index contributed by atoms with van der Waals surface area (Å²) in [5.74, 6) is 0.498. The van der Waals surface area contributed by atoms with E-state index in [4.69, 9.17) is 33.0 Å². The van der Waals surface area contributed by atoms with Crippen molar-refractivity contribution < 1.29 is 9.53 Å². The molecule has 2 aliphatic rings. The molecule has 29 heavy (non-hydrogen) atoms. The molecule has 0 saturated heterocycles. The maximum atomic E-state index is 13.3. The number of hydrazone groups is 1. The van der Waals surface area contributed by atoms with Gasteiger partial charge in [0.2, 0.25) is 5.78 Å². The van der Waals surface area contributed by atoms with E-state index in [-0.39, 0.29) is 11.8 Å². The van der Waals surface area contributed by atoms with Gasteiger partial charge < -0.3 is 4.74 Å². The summed E-state index contributed by atoms with van der Waals surface area (Å²) in [6.07, 6.45) is -0.179. The van der Waals surface area contributed by atoms with E-state index in [1.54, 1.807) is 35.3 Å². The summed E-state index contributed by atoms with van der Waals surface area (Å²) in [7, 11) is 0. The number of benzene rings is 3. The Morgan fingerprint density at radius 1 is 0.966 bits per heavy atom. The van der Waals surface area contributed by atoms with Gasteiger partial charge in [0.05, 0.1) is 11.8 Å². The molecule has 0 spiro atoms. The van der Waals surface area contributed by atoms with Crippen molar-refractivity contribution in [1.82, 2.24) is 5.01 Å². The third-order valence-corrected chi connectivity index (χ3v) is 5.70. The molecule has 0 bridgehead atoms. The van der Waals surface area contributed by atoms with Crippen molar-refractivity contribution in [3.8, 4) is 5.75 Å². The van der Waals surface area contributed by atoms with Crippen LogP contribution in [0.5, 0.6) is 5.75 Å². The molecular weight excluding hydrogens is 407 g/mol. The van der Waals surface area contributed by atoms with Crippen LogP contribution in [0.1, 0.15) is 33.9 Å². The first-order valence-electron chi connectivity index (χ1n) is 9.27. The third kappa shape index (κ3) is 3.28. The summed E-state index contributed by atoms with van der Waals surface area (Å²) in [6.45, 7) is 0. The first-order chi connectivity index (χ1) is 14.1. The maximum Gasteiger partial charge on any atom is 0.251 e. The van der Waals surface area contributed by atoms with E-state index in [1.807, 2.05) is 42.5 Å². The van der Waals surface area contributed by atoms with Crippen LogP contribution in [0.3, 0.4) is 0 Å². The zero-order chi connectivity index (χ0) is 20.0. The standard InChI is InChI=1S/C23H16Cl2N2O2/c24-16-8-6-15(7-9-16)22(28)23-27-20(18-12-17(25)10-11-21(18)29-23)13-19(26-27)14-4-2-1-3-5-14/h1-12,20,23H,13H2. The predicted octanol–water partition coefficient (Wildman–Crippen LogP) is 5.75. The van der Waals surface area contributed by atoms with Crippen molar-refractivity contribution in [2.75, 3.05) is 0 Å². The first kappa shape index (κ1) is 18.2. The first-order valence-corrected chi connectivity index (χ1v) is 10.0. The lowest BCUT2D eigenvalue weighted by molar-refractivity contribution is -0.00455. The summed E-state index contributed by atoms with van der Waals surface area (Å²) in [6, 6.07) is 22.1. The second kappa shape index (κ2) is 7.21. The lowest BCUT2D eigenvalue weighted by atomic mass is 9.96. The molecule has 0 aliphatic carbocycles. The molecule has 3 aromatic carbocycles. The Kier molecular flexibility index (Phi) is 4.53. The number of halogens is 2. The molecule has 0 radical (unpaired) electrons. The van der Waals surface area contributed by atoms with E-state index in [0.717, 1.165) is 16.8 Å². The number of carbonyl (C=O) groups excluding carboxylic acids is 1. The number of carbonyl (C=O) groups is 1. The topological polar surface area (TPSA) is 41.9 Å². The second-order valence-corrected chi connectivity index (χ2v) is 7.91. The molecule has 6 heteroatoms. The molecule has 2 unspecified atom stereocenters. The number of ketones is 1. The van der Waals surface area contributed by atoms with E-state index in [2.05, 4.69) is 0 Å². The summed E-state index contributed by atoms with van der Waals surface area (Å²) < 4.78 is 6.11. The van der Waals surface area contributed by atoms with Gasteiger partial charge in [0.25, 0.3) is 6.23 Å². The number of fused-ring (bicyclic) bond motifs is 3. The summed E-state index contributed by atoms with van der Waals surface area (Å²) in [5, 5.41) is 7.76. The van der Waals surface area contributed by atoms with Gasteiger partial charge in [-0.2, -0.15) is 5.10 Å². The Labute approximate surface area is 178 Å². The fourth-order valence-corrected chi connectivity index (χ4v) is 4.10. The van der Waals surface area contributed by atoms with Crippen molar-refractivity contribution in [1.29, 1.82) is 0 Å². The minimum atomic E-state index is -0.851.